The van der Waals surface area contributed by atoms with Crippen LogP contribution in [0.2, 0.25) is 0 Å². The number of aromatic nitrogens is 2. The smallest absolute Gasteiger partial charge is 0.254 e. The van der Waals surface area contributed by atoms with Crippen LogP contribution in [-0.4, -0.2) is 34.0 Å². The summed E-state index contributed by atoms with van der Waals surface area (Å²) in [5.74, 6) is 2.57. The summed E-state index contributed by atoms with van der Waals surface area (Å²) in [5.41, 5.74) is 3.97. The first-order valence-electron chi connectivity index (χ1n) is 11.3. The van der Waals surface area contributed by atoms with E-state index in [1.165, 1.54) is 31.5 Å². The minimum absolute atomic E-state index is 0.0668. The van der Waals surface area contributed by atoms with Crippen molar-refractivity contribution in [2.24, 2.45) is 5.92 Å². The molecule has 0 saturated heterocycles. The zero-order valence-electron chi connectivity index (χ0n) is 18.1. The van der Waals surface area contributed by atoms with Crippen LogP contribution < -0.4 is 4.74 Å². The molecule has 5 heteroatoms. The minimum atomic E-state index is 0.0668. The van der Waals surface area contributed by atoms with E-state index in [0.717, 1.165) is 36.3 Å². The maximum atomic E-state index is 13.4. The molecule has 0 N–H and O–H groups in total. The zero-order chi connectivity index (χ0) is 21.2. The number of imidazole rings is 1. The van der Waals surface area contributed by atoms with Gasteiger partial charge in [0.25, 0.3) is 5.91 Å². The third-order valence-corrected chi connectivity index (χ3v) is 6.56. The second kappa shape index (κ2) is 8.58. The van der Waals surface area contributed by atoms with Gasteiger partial charge in [-0.1, -0.05) is 30.7 Å². The summed E-state index contributed by atoms with van der Waals surface area (Å²) in [6, 6.07) is 15.9. The number of aryl methyl sites for hydroxylation is 2. The molecule has 2 aliphatic rings. The van der Waals surface area contributed by atoms with Crippen molar-refractivity contribution in [3.63, 3.8) is 0 Å². The summed E-state index contributed by atoms with van der Waals surface area (Å²) in [4.78, 5) is 20.2. The molecule has 0 radical (unpaired) electrons. The first-order chi connectivity index (χ1) is 15.2. The number of fused-ring (bicyclic) bond motifs is 1. The Hall–Kier alpha value is -3.08. The fourth-order valence-corrected chi connectivity index (χ4v) is 4.59. The van der Waals surface area contributed by atoms with Crippen LogP contribution in [0, 0.1) is 5.92 Å². The predicted molar refractivity (Wildman–Crippen MR) is 121 cm³/mol. The lowest BCUT2D eigenvalue weighted by Gasteiger charge is -2.32. The molecule has 31 heavy (non-hydrogen) atoms. The van der Waals surface area contributed by atoms with E-state index in [9.17, 15) is 4.79 Å². The Kier molecular flexibility index (Phi) is 5.49. The van der Waals surface area contributed by atoms with Crippen LogP contribution in [-0.2, 0) is 19.5 Å². The Balaban J connectivity index is 1.39. The number of carbonyl (C=O) groups is 1. The molecule has 3 aromatic rings. The molecule has 1 amide bonds. The second-order valence-electron chi connectivity index (χ2n) is 8.75. The number of nitrogens with zero attached hydrogens (tertiary/aromatic N) is 3. The highest BCUT2D eigenvalue weighted by Crippen LogP contribution is 2.29. The molecule has 1 aliphatic carbocycles. The van der Waals surface area contributed by atoms with E-state index in [2.05, 4.69) is 35.0 Å². The largest absolute Gasteiger partial charge is 0.497 e. The summed E-state index contributed by atoms with van der Waals surface area (Å²) in [6.45, 7) is 2.47. The number of methoxy groups -OCH3 is 1. The molecule has 0 unspecified atom stereocenters. The minimum Gasteiger partial charge on any atom is -0.497 e. The van der Waals surface area contributed by atoms with Crippen LogP contribution in [0.1, 0.15) is 47.4 Å². The van der Waals surface area contributed by atoms with Gasteiger partial charge in [0.15, 0.2) is 0 Å². The van der Waals surface area contributed by atoms with Gasteiger partial charge in [0, 0.05) is 43.4 Å². The highest BCUT2D eigenvalue weighted by Gasteiger charge is 2.25. The van der Waals surface area contributed by atoms with Gasteiger partial charge in [0.1, 0.15) is 11.6 Å². The normalized spacial score (nSPS) is 15.4. The SMILES string of the molecule is COc1cccc(C(=O)N(Cc2cccc(-c3cn4c(n3)CCC4)c2)CC2CCC2)c1. The number of ether oxygens (including phenoxy) is 1. The van der Waals surface area contributed by atoms with Crippen molar-refractivity contribution in [3.05, 3.63) is 71.7 Å². The van der Waals surface area contributed by atoms with E-state index in [1.54, 1.807) is 7.11 Å². The van der Waals surface area contributed by atoms with Gasteiger partial charge in [-0.15, -0.1) is 0 Å². The van der Waals surface area contributed by atoms with E-state index in [1.807, 2.05) is 29.2 Å². The number of rotatable bonds is 7. The molecule has 5 rings (SSSR count). The average molecular weight is 416 g/mol. The van der Waals surface area contributed by atoms with Crippen molar-refractivity contribution in [1.29, 1.82) is 0 Å². The van der Waals surface area contributed by atoms with E-state index in [0.29, 0.717) is 23.8 Å². The van der Waals surface area contributed by atoms with E-state index in [-0.39, 0.29) is 5.91 Å². The number of hydrogen-bond acceptors (Lipinski definition) is 3. The third kappa shape index (κ3) is 4.22. The Bertz CT molecular complexity index is 1060. The Morgan fingerprint density at radius 2 is 2.03 bits per heavy atom. The van der Waals surface area contributed by atoms with E-state index >= 15 is 0 Å². The lowest BCUT2D eigenvalue weighted by molar-refractivity contribution is 0.0679. The molecular formula is C26H29N3O2. The molecule has 0 atom stereocenters. The molecule has 0 spiro atoms. The maximum Gasteiger partial charge on any atom is 0.254 e. The monoisotopic (exact) mass is 415 g/mol. The van der Waals surface area contributed by atoms with Crippen molar-refractivity contribution >= 4 is 5.91 Å². The van der Waals surface area contributed by atoms with Crippen molar-refractivity contribution in [1.82, 2.24) is 14.5 Å². The van der Waals surface area contributed by atoms with Crippen LogP contribution >= 0.6 is 0 Å². The summed E-state index contributed by atoms with van der Waals surface area (Å²) in [7, 11) is 1.63. The summed E-state index contributed by atoms with van der Waals surface area (Å²) in [6.07, 6.45) is 8.10. The van der Waals surface area contributed by atoms with Gasteiger partial charge in [-0.05, 0) is 55.0 Å². The van der Waals surface area contributed by atoms with Crippen LogP contribution in [0.5, 0.6) is 5.75 Å². The Labute approximate surface area is 183 Å². The molecule has 160 valence electrons. The fourth-order valence-electron chi connectivity index (χ4n) is 4.59. The lowest BCUT2D eigenvalue weighted by atomic mass is 9.85. The number of carbonyl (C=O) groups excluding carboxylic acids is 1. The fraction of sp³-hybridized carbons (Fsp3) is 0.385. The molecule has 2 aromatic carbocycles. The predicted octanol–water partition coefficient (Wildman–Crippen LogP) is 4.95. The van der Waals surface area contributed by atoms with Gasteiger partial charge in [0.05, 0.1) is 12.8 Å². The summed E-state index contributed by atoms with van der Waals surface area (Å²) >= 11 is 0. The van der Waals surface area contributed by atoms with Crippen molar-refractivity contribution < 1.29 is 9.53 Å². The molecular weight excluding hydrogens is 386 g/mol. The van der Waals surface area contributed by atoms with Crippen LogP contribution in [0.25, 0.3) is 11.3 Å². The average Bonchev–Trinajstić information content (AvgIpc) is 3.37. The maximum absolute atomic E-state index is 13.4. The van der Waals surface area contributed by atoms with Crippen molar-refractivity contribution in [2.45, 2.75) is 45.2 Å². The summed E-state index contributed by atoms with van der Waals surface area (Å²) < 4.78 is 7.59. The first-order valence-corrected chi connectivity index (χ1v) is 11.3. The van der Waals surface area contributed by atoms with E-state index in [4.69, 9.17) is 9.72 Å². The van der Waals surface area contributed by atoms with E-state index < -0.39 is 0 Å². The molecule has 1 aliphatic heterocycles. The molecule has 5 nitrogen and oxygen atoms in total. The molecule has 2 heterocycles. The number of benzene rings is 2. The van der Waals surface area contributed by atoms with Gasteiger partial charge in [-0.25, -0.2) is 4.98 Å². The number of hydrogen-bond donors (Lipinski definition) is 0. The highest BCUT2D eigenvalue weighted by atomic mass is 16.5. The molecule has 1 saturated carbocycles. The third-order valence-electron chi connectivity index (χ3n) is 6.56. The second-order valence-corrected chi connectivity index (χ2v) is 8.75. The van der Waals surface area contributed by atoms with Gasteiger partial charge >= 0.3 is 0 Å². The highest BCUT2D eigenvalue weighted by molar-refractivity contribution is 5.94. The van der Waals surface area contributed by atoms with Crippen molar-refractivity contribution in [2.75, 3.05) is 13.7 Å². The van der Waals surface area contributed by atoms with Gasteiger partial charge in [0.2, 0.25) is 0 Å². The zero-order valence-corrected chi connectivity index (χ0v) is 18.1. The molecule has 1 aromatic heterocycles. The molecule has 0 bridgehead atoms. The van der Waals surface area contributed by atoms with Crippen LogP contribution in [0.4, 0.5) is 0 Å². The standard InChI is InChI=1S/C26H29N3O2/c1-31-23-11-4-10-22(15-23)26(30)29(16-19-6-2-7-19)17-20-8-3-9-21(14-20)24-18-28-13-5-12-25(28)27-24/h3-4,8-11,14-15,18-19H,2,5-7,12-13,16-17H2,1H3. The Morgan fingerprint density at radius 3 is 2.81 bits per heavy atom. The van der Waals surface area contributed by atoms with Gasteiger partial charge in [-0.3, -0.25) is 4.79 Å². The van der Waals surface area contributed by atoms with Gasteiger partial charge < -0.3 is 14.2 Å². The summed E-state index contributed by atoms with van der Waals surface area (Å²) in [5, 5.41) is 0. The van der Waals surface area contributed by atoms with Crippen LogP contribution in [0.15, 0.2) is 54.7 Å². The van der Waals surface area contributed by atoms with Crippen molar-refractivity contribution in [3.8, 4) is 17.0 Å². The lowest BCUT2D eigenvalue weighted by Crippen LogP contribution is -2.37. The number of amides is 1. The van der Waals surface area contributed by atoms with Gasteiger partial charge in [-0.2, -0.15) is 0 Å². The molecule has 1 fully saturated rings. The Morgan fingerprint density at radius 1 is 1.16 bits per heavy atom. The van der Waals surface area contributed by atoms with Crippen LogP contribution in [0.3, 0.4) is 0 Å². The topological polar surface area (TPSA) is 47.4 Å². The quantitative estimate of drug-likeness (QED) is 0.549. The first kappa shape index (κ1) is 19.9.